The van der Waals surface area contributed by atoms with Crippen LogP contribution >= 0.6 is 0 Å². The first kappa shape index (κ1) is 19.7. The van der Waals surface area contributed by atoms with Crippen molar-refractivity contribution in [3.05, 3.63) is 35.9 Å². The fourth-order valence-electron chi connectivity index (χ4n) is 1.29. The predicted octanol–water partition coefficient (Wildman–Crippen LogP) is 3.68. The van der Waals surface area contributed by atoms with Gasteiger partial charge < -0.3 is 10.5 Å². The molecule has 0 bridgehead atoms. The van der Waals surface area contributed by atoms with Gasteiger partial charge in [0.2, 0.25) is 5.91 Å². The van der Waals surface area contributed by atoms with Gasteiger partial charge in [-0.15, -0.1) is 0 Å². The second-order valence-corrected chi connectivity index (χ2v) is 3.83. The molecule has 1 aromatic carbocycles. The smallest absolute Gasteiger partial charge is 0.224 e. The number of ketones is 1. The second kappa shape index (κ2) is 12.8. The number of rotatable bonds is 4. The molecule has 0 aliphatic rings. The van der Waals surface area contributed by atoms with E-state index in [0.29, 0.717) is 6.42 Å². The molecule has 0 aliphatic carbocycles. The molecule has 0 saturated carbocycles. The summed E-state index contributed by atoms with van der Waals surface area (Å²) < 4.78 is 0. The van der Waals surface area contributed by atoms with Crippen LogP contribution in [0.4, 0.5) is 0 Å². The summed E-state index contributed by atoms with van der Waals surface area (Å²) in [5.74, 6) is -0.125. The van der Waals surface area contributed by atoms with Gasteiger partial charge in [0.1, 0.15) is 5.78 Å². The van der Waals surface area contributed by atoms with E-state index in [-0.39, 0.29) is 17.6 Å². The normalized spacial score (nSPS) is 10.2. The van der Waals surface area contributed by atoms with Crippen LogP contribution in [0.25, 0.3) is 0 Å². The number of nitrogens with two attached hydrogens (primary N) is 1. The van der Waals surface area contributed by atoms with Gasteiger partial charge in [-0.3, -0.25) is 4.79 Å². The Hall–Kier alpha value is -1.64. The van der Waals surface area contributed by atoms with Crippen molar-refractivity contribution in [2.45, 2.75) is 53.4 Å². The molecule has 0 spiro atoms. The van der Waals surface area contributed by atoms with E-state index < -0.39 is 0 Å². The molecule has 1 rings (SSSR count). The zero-order chi connectivity index (χ0) is 15.3. The van der Waals surface area contributed by atoms with E-state index in [1.807, 2.05) is 58.0 Å². The standard InChI is InChI=1S/C10H13NO.C4H8O.C2H6/c1-2-9(10(11)12)8-6-4-3-5-7-8;1-3-4(2)5;1-2/h3-7,9H,2H2,1H3,(H2,11,12);3H2,1-2H3;1-2H3/t9-;;/m0../s1. The zero-order valence-corrected chi connectivity index (χ0v) is 12.8. The Balaban J connectivity index is 0. The van der Waals surface area contributed by atoms with Gasteiger partial charge in [-0.2, -0.15) is 0 Å². The Morgan fingerprint density at radius 1 is 1.11 bits per heavy atom. The minimum absolute atomic E-state index is 0.133. The van der Waals surface area contributed by atoms with Gasteiger partial charge in [0, 0.05) is 6.42 Å². The lowest BCUT2D eigenvalue weighted by Crippen LogP contribution is -2.20. The molecule has 0 aromatic heterocycles. The van der Waals surface area contributed by atoms with Crippen LogP contribution in [0.3, 0.4) is 0 Å². The maximum atomic E-state index is 11.0. The summed E-state index contributed by atoms with van der Waals surface area (Å²) in [5, 5.41) is 0. The van der Waals surface area contributed by atoms with Crippen molar-refractivity contribution in [2.24, 2.45) is 5.73 Å². The summed E-state index contributed by atoms with van der Waals surface area (Å²) in [6.07, 6.45) is 1.43. The van der Waals surface area contributed by atoms with Gasteiger partial charge in [-0.05, 0) is 18.9 Å². The minimum Gasteiger partial charge on any atom is -0.369 e. The molecular weight excluding hydrogens is 238 g/mol. The highest BCUT2D eigenvalue weighted by molar-refractivity contribution is 5.81. The topological polar surface area (TPSA) is 60.2 Å². The average Bonchev–Trinajstić information content (AvgIpc) is 2.43. The van der Waals surface area contributed by atoms with Gasteiger partial charge >= 0.3 is 0 Å². The number of amides is 1. The number of carbonyl (C=O) groups is 2. The highest BCUT2D eigenvalue weighted by Gasteiger charge is 2.13. The van der Waals surface area contributed by atoms with Gasteiger partial charge in [-0.25, -0.2) is 0 Å². The third kappa shape index (κ3) is 10.0. The molecule has 1 aromatic rings. The van der Waals surface area contributed by atoms with Crippen LogP contribution in [-0.4, -0.2) is 11.7 Å². The van der Waals surface area contributed by atoms with Crippen molar-refractivity contribution in [3.8, 4) is 0 Å². The molecule has 0 unspecified atom stereocenters. The number of hydrogen-bond acceptors (Lipinski definition) is 2. The molecule has 0 aliphatic heterocycles. The molecule has 3 heteroatoms. The summed E-state index contributed by atoms with van der Waals surface area (Å²) in [6.45, 7) is 9.39. The van der Waals surface area contributed by atoms with Gasteiger partial charge in [0.05, 0.1) is 5.92 Å². The van der Waals surface area contributed by atoms with Crippen LogP contribution in [0.15, 0.2) is 30.3 Å². The predicted molar refractivity (Wildman–Crippen MR) is 81.0 cm³/mol. The summed E-state index contributed by atoms with van der Waals surface area (Å²) in [5.41, 5.74) is 6.25. The van der Waals surface area contributed by atoms with E-state index in [0.717, 1.165) is 12.0 Å². The second-order valence-electron chi connectivity index (χ2n) is 3.83. The molecule has 1 amide bonds. The van der Waals surface area contributed by atoms with E-state index in [1.54, 1.807) is 6.92 Å². The number of carbonyl (C=O) groups excluding carboxylic acids is 2. The average molecular weight is 265 g/mol. The molecule has 1 atom stereocenters. The molecule has 108 valence electrons. The molecule has 0 saturated heterocycles. The van der Waals surface area contributed by atoms with Crippen LogP contribution in [0, 0.1) is 0 Å². The summed E-state index contributed by atoms with van der Waals surface area (Å²) in [4.78, 5) is 20.8. The number of primary amides is 1. The number of benzene rings is 1. The van der Waals surface area contributed by atoms with Gasteiger partial charge in [-0.1, -0.05) is 58.0 Å². The fraction of sp³-hybridized carbons (Fsp3) is 0.500. The van der Waals surface area contributed by atoms with Crippen LogP contribution in [0.1, 0.15) is 58.9 Å². The Morgan fingerprint density at radius 2 is 1.53 bits per heavy atom. The molecule has 3 nitrogen and oxygen atoms in total. The minimum atomic E-state index is -0.247. The van der Waals surface area contributed by atoms with Crippen LogP contribution in [0.2, 0.25) is 0 Å². The largest absolute Gasteiger partial charge is 0.369 e. The van der Waals surface area contributed by atoms with Crippen molar-refractivity contribution in [1.82, 2.24) is 0 Å². The molecule has 19 heavy (non-hydrogen) atoms. The maximum absolute atomic E-state index is 11.0. The van der Waals surface area contributed by atoms with Crippen LogP contribution in [0.5, 0.6) is 0 Å². The van der Waals surface area contributed by atoms with Crippen molar-refractivity contribution < 1.29 is 9.59 Å². The Labute approximate surface area is 117 Å². The van der Waals surface area contributed by atoms with E-state index >= 15 is 0 Å². The van der Waals surface area contributed by atoms with Crippen LogP contribution in [-0.2, 0) is 9.59 Å². The summed E-state index contributed by atoms with van der Waals surface area (Å²) >= 11 is 0. The van der Waals surface area contributed by atoms with Crippen LogP contribution < -0.4 is 5.73 Å². The third-order valence-electron chi connectivity index (χ3n) is 2.45. The first-order chi connectivity index (χ1) is 9.02. The first-order valence-electron chi connectivity index (χ1n) is 6.86. The van der Waals surface area contributed by atoms with E-state index in [2.05, 4.69) is 0 Å². The van der Waals surface area contributed by atoms with Crippen molar-refractivity contribution in [2.75, 3.05) is 0 Å². The molecule has 0 radical (unpaired) electrons. The Bertz CT molecular complexity index is 347. The number of hydrogen-bond donors (Lipinski definition) is 1. The highest BCUT2D eigenvalue weighted by Crippen LogP contribution is 2.17. The van der Waals surface area contributed by atoms with Gasteiger partial charge in [0.25, 0.3) is 0 Å². The SMILES string of the molecule is CC.CCC(C)=O.CC[C@H](C(N)=O)c1ccccc1. The third-order valence-corrected chi connectivity index (χ3v) is 2.45. The van der Waals surface area contributed by atoms with Crippen molar-refractivity contribution in [1.29, 1.82) is 0 Å². The number of Topliss-reactive ketones (excluding diaryl/α,β-unsaturated/α-hetero) is 1. The quantitative estimate of drug-likeness (QED) is 0.902. The summed E-state index contributed by atoms with van der Waals surface area (Å²) in [7, 11) is 0. The molecular formula is C16H27NO2. The Morgan fingerprint density at radius 3 is 1.79 bits per heavy atom. The molecule has 0 heterocycles. The fourth-order valence-corrected chi connectivity index (χ4v) is 1.29. The lowest BCUT2D eigenvalue weighted by Gasteiger charge is -2.09. The molecule has 2 N–H and O–H groups in total. The zero-order valence-electron chi connectivity index (χ0n) is 12.8. The molecule has 0 fully saturated rings. The van der Waals surface area contributed by atoms with E-state index in [4.69, 9.17) is 5.73 Å². The van der Waals surface area contributed by atoms with E-state index in [9.17, 15) is 9.59 Å². The monoisotopic (exact) mass is 265 g/mol. The van der Waals surface area contributed by atoms with Crippen molar-refractivity contribution >= 4 is 11.7 Å². The van der Waals surface area contributed by atoms with E-state index in [1.165, 1.54) is 0 Å². The first-order valence-corrected chi connectivity index (χ1v) is 6.86. The van der Waals surface area contributed by atoms with Crippen molar-refractivity contribution in [3.63, 3.8) is 0 Å². The summed E-state index contributed by atoms with van der Waals surface area (Å²) in [6, 6.07) is 9.62. The Kier molecular flexibility index (Phi) is 13.3. The lowest BCUT2D eigenvalue weighted by atomic mass is 9.96. The highest BCUT2D eigenvalue weighted by atomic mass is 16.1. The maximum Gasteiger partial charge on any atom is 0.224 e. The lowest BCUT2D eigenvalue weighted by molar-refractivity contribution is -0.119. The van der Waals surface area contributed by atoms with Gasteiger partial charge in [0.15, 0.2) is 0 Å².